The molecule has 0 N–H and O–H groups in total. The van der Waals surface area contributed by atoms with Crippen LogP contribution in [-0.2, 0) is 19.1 Å². The molecule has 0 amide bonds. The summed E-state index contributed by atoms with van der Waals surface area (Å²) < 4.78 is 9.74. The largest absolute Gasteiger partial charge is 0.465 e. The Morgan fingerprint density at radius 2 is 1.67 bits per heavy atom. The molecule has 0 aliphatic carbocycles. The van der Waals surface area contributed by atoms with Crippen LogP contribution >= 0.6 is 0 Å². The molecule has 1 rings (SSSR count). The van der Waals surface area contributed by atoms with E-state index in [0.29, 0.717) is 5.69 Å². The molecule has 0 unspecified atom stereocenters. The molecule has 0 spiro atoms. The van der Waals surface area contributed by atoms with Gasteiger partial charge in [0.05, 0.1) is 18.9 Å². The minimum Gasteiger partial charge on any atom is -0.465 e. The van der Waals surface area contributed by atoms with Crippen LogP contribution in [0.2, 0.25) is 0 Å². The van der Waals surface area contributed by atoms with Gasteiger partial charge in [-0.1, -0.05) is 6.07 Å². The molecule has 0 saturated carbocycles. The summed E-state index contributed by atoms with van der Waals surface area (Å²) in [4.78, 5) is 27.8. The highest BCUT2D eigenvalue weighted by Gasteiger charge is 2.27. The van der Waals surface area contributed by atoms with Crippen molar-refractivity contribution in [1.29, 1.82) is 0 Å². The van der Waals surface area contributed by atoms with Gasteiger partial charge in [0.1, 0.15) is 0 Å². The minimum absolute atomic E-state index is 0.201. The van der Waals surface area contributed by atoms with E-state index in [1.54, 1.807) is 13.8 Å². The molecule has 0 atom stereocenters. The molecular formula is C16H21NO4. The first-order valence-electron chi connectivity index (χ1n) is 6.94. The summed E-state index contributed by atoms with van der Waals surface area (Å²) in [5.41, 5.74) is 2.92. The highest BCUT2D eigenvalue weighted by molar-refractivity contribution is 6.09. The van der Waals surface area contributed by atoms with Crippen molar-refractivity contribution in [2.24, 2.45) is 10.9 Å². The third-order valence-electron chi connectivity index (χ3n) is 2.94. The SMILES string of the molecule is CCOC(=O)C(C=Nc1ccc(C)c(C)c1)C(=O)OCC. The number of aliphatic imine (C=N–C) groups is 1. The first-order valence-corrected chi connectivity index (χ1v) is 6.94. The monoisotopic (exact) mass is 291 g/mol. The van der Waals surface area contributed by atoms with Crippen molar-refractivity contribution in [2.45, 2.75) is 27.7 Å². The second kappa shape index (κ2) is 8.19. The molecule has 1 aromatic rings. The Morgan fingerprint density at radius 1 is 1.10 bits per heavy atom. The number of nitrogens with zero attached hydrogens (tertiary/aromatic N) is 1. The van der Waals surface area contributed by atoms with Gasteiger partial charge in [0.15, 0.2) is 5.92 Å². The number of ether oxygens (including phenoxy) is 2. The van der Waals surface area contributed by atoms with Crippen molar-refractivity contribution < 1.29 is 19.1 Å². The van der Waals surface area contributed by atoms with Crippen LogP contribution < -0.4 is 0 Å². The van der Waals surface area contributed by atoms with Gasteiger partial charge in [-0.2, -0.15) is 0 Å². The Hall–Kier alpha value is -2.17. The van der Waals surface area contributed by atoms with Gasteiger partial charge in [-0.05, 0) is 51.0 Å². The van der Waals surface area contributed by atoms with Crippen molar-refractivity contribution in [3.8, 4) is 0 Å². The van der Waals surface area contributed by atoms with Crippen LogP contribution in [0.3, 0.4) is 0 Å². The summed E-state index contributed by atoms with van der Waals surface area (Å²) in [6.45, 7) is 7.74. The maximum Gasteiger partial charge on any atom is 0.325 e. The maximum absolute atomic E-state index is 11.8. The third-order valence-corrected chi connectivity index (χ3v) is 2.94. The molecule has 0 saturated heterocycles. The van der Waals surface area contributed by atoms with E-state index in [0.717, 1.165) is 11.1 Å². The molecule has 0 bridgehead atoms. The average Bonchev–Trinajstić information content (AvgIpc) is 2.43. The lowest BCUT2D eigenvalue weighted by Gasteiger charge is -2.10. The van der Waals surface area contributed by atoms with Crippen LogP contribution in [0.1, 0.15) is 25.0 Å². The maximum atomic E-state index is 11.8. The minimum atomic E-state index is -1.13. The predicted molar refractivity (Wildman–Crippen MR) is 80.8 cm³/mol. The Labute approximate surface area is 125 Å². The van der Waals surface area contributed by atoms with Crippen LogP contribution in [0.15, 0.2) is 23.2 Å². The molecule has 114 valence electrons. The van der Waals surface area contributed by atoms with Crippen molar-refractivity contribution in [1.82, 2.24) is 0 Å². The Morgan fingerprint density at radius 3 is 2.14 bits per heavy atom. The molecule has 21 heavy (non-hydrogen) atoms. The number of hydrogen-bond donors (Lipinski definition) is 0. The van der Waals surface area contributed by atoms with Gasteiger partial charge < -0.3 is 9.47 Å². The van der Waals surface area contributed by atoms with E-state index in [9.17, 15) is 9.59 Å². The molecule has 0 heterocycles. The quantitative estimate of drug-likeness (QED) is 0.459. The van der Waals surface area contributed by atoms with Gasteiger partial charge in [0.2, 0.25) is 0 Å². The van der Waals surface area contributed by atoms with Crippen molar-refractivity contribution >= 4 is 23.8 Å². The molecule has 5 heteroatoms. The van der Waals surface area contributed by atoms with Gasteiger partial charge in [0.25, 0.3) is 0 Å². The number of benzene rings is 1. The van der Waals surface area contributed by atoms with E-state index in [4.69, 9.17) is 9.47 Å². The molecule has 1 aromatic carbocycles. The van der Waals surface area contributed by atoms with Gasteiger partial charge in [-0.3, -0.25) is 14.6 Å². The number of hydrogen-bond acceptors (Lipinski definition) is 5. The summed E-state index contributed by atoms with van der Waals surface area (Å²) in [5, 5.41) is 0. The fourth-order valence-corrected chi connectivity index (χ4v) is 1.65. The van der Waals surface area contributed by atoms with Crippen LogP contribution in [-0.4, -0.2) is 31.4 Å². The second-order valence-electron chi connectivity index (χ2n) is 4.53. The number of carbonyl (C=O) groups is 2. The van der Waals surface area contributed by atoms with E-state index in [1.165, 1.54) is 6.21 Å². The lowest BCUT2D eigenvalue weighted by Crippen LogP contribution is -2.29. The molecule has 0 aliphatic rings. The standard InChI is InChI=1S/C16H21NO4/c1-5-20-15(18)14(16(19)21-6-2)10-17-13-8-7-11(3)12(4)9-13/h7-10,14H,5-6H2,1-4H3. The number of rotatable bonds is 6. The predicted octanol–water partition coefficient (Wildman–Crippen LogP) is 2.75. The van der Waals surface area contributed by atoms with Gasteiger partial charge in [-0.15, -0.1) is 0 Å². The third kappa shape index (κ3) is 5.02. The number of carbonyl (C=O) groups excluding carboxylic acids is 2. The molecule has 0 fully saturated rings. The van der Waals surface area contributed by atoms with Gasteiger partial charge in [0, 0.05) is 6.21 Å². The van der Waals surface area contributed by atoms with E-state index < -0.39 is 17.9 Å². The fraction of sp³-hybridized carbons (Fsp3) is 0.438. The summed E-state index contributed by atoms with van der Waals surface area (Å²) in [6, 6.07) is 5.65. The van der Waals surface area contributed by atoms with Crippen LogP contribution in [0.4, 0.5) is 5.69 Å². The summed E-state index contributed by atoms with van der Waals surface area (Å²) >= 11 is 0. The summed E-state index contributed by atoms with van der Waals surface area (Å²) in [6.07, 6.45) is 1.28. The lowest BCUT2D eigenvalue weighted by molar-refractivity contribution is -0.157. The Kier molecular flexibility index (Phi) is 6.59. The summed E-state index contributed by atoms with van der Waals surface area (Å²) in [5.74, 6) is -2.43. The van der Waals surface area contributed by atoms with Gasteiger partial charge >= 0.3 is 11.9 Å². The van der Waals surface area contributed by atoms with Crippen LogP contribution in [0, 0.1) is 19.8 Å². The van der Waals surface area contributed by atoms with Crippen LogP contribution in [0.5, 0.6) is 0 Å². The van der Waals surface area contributed by atoms with E-state index >= 15 is 0 Å². The van der Waals surface area contributed by atoms with E-state index in [1.807, 2.05) is 32.0 Å². The first kappa shape index (κ1) is 16.9. The zero-order valence-corrected chi connectivity index (χ0v) is 12.9. The lowest BCUT2D eigenvalue weighted by atomic mass is 10.1. The molecule has 0 aromatic heterocycles. The Balaban J connectivity index is 2.93. The van der Waals surface area contributed by atoms with Crippen LogP contribution in [0.25, 0.3) is 0 Å². The zero-order chi connectivity index (χ0) is 15.8. The van der Waals surface area contributed by atoms with Crippen molar-refractivity contribution in [2.75, 3.05) is 13.2 Å². The average molecular weight is 291 g/mol. The molecule has 5 nitrogen and oxygen atoms in total. The number of aryl methyl sites for hydroxylation is 2. The fourth-order valence-electron chi connectivity index (χ4n) is 1.65. The zero-order valence-electron chi connectivity index (χ0n) is 12.9. The molecule has 0 aliphatic heterocycles. The molecule has 0 radical (unpaired) electrons. The smallest absolute Gasteiger partial charge is 0.325 e. The van der Waals surface area contributed by atoms with Crippen molar-refractivity contribution in [3.63, 3.8) is 0 Å². The molecular weight excluding hydrogens is 270 g/mol. The van der Waals surface area contributed by atoms with Crippen molar-refractivity contribution in [3.05, 3.63) is 29.3 Å². The van der Waals surface area contributed by atoms with Gasteiger partial charge in [-0.25, -0.2) is 0 Å². The normalized spacial score (nSPS) is 10.9. The second-order valence-corrected chi connectivity index (χ2v) is 4.53. The highest BCUT2D eigenvalue weighted by atomic mass is 16.6. The van der Waals surface area contributed by atoms with E-state index in [2.05, 4.69) is 4.99 Å². The van der Waals surface area contributed by atoms with E-state index in [-0.39, 0.29) is 13.2 Å². The highest BCUT2D eigenvalue weighted by Crippen LogP contribution is 2.17. The summed E-state index contributed by atoms with van der Waals surface area (Å²) in [7, 11) is 0. The first-order chi connectivity index (χ1) is 9.99. The topological polar surface area (TPSA) is 65.0 Å². The Bertz CT molecular complexity index is 519. The number of esters is 2.